The first-order valence-electron chi connectivity index (χ1n) is 8.01. The molecule has 0 aliphatic rings. The van der Waals surface area contributed by atoms with Gasteiger partial charge in [0.15, 0.2) is 0 Å². The Labute approximate surface area is 138 Å². The number of aryl methyl sites for hydroxylation is 2. The van der Waals surface area contributed by atoms with Crippen LogP contribution in [-0.4, -0.2) is 12.0 Å². The van der Waals surface area contributed by atoms with Crippen LogP contribution in [0, 0.1) is 13.8 Å². The Bertz CT molecular complexity index is 675. The highest BCUT2D eigenvalue weighted by molar-refractivity contribution is 5.94. The van der Waals surface area contributed by atoms with Crippen LogP contribution in [0.3, 0.4) is 0 Å². The van der Waals surface area contributed by atoms with E-state index >= 15 is 0 Å². The van der Waals surface area contributed by atoms with E-state index in [1.165, 1.54) is 11.1 Å². The van der Waals surface area contributed by atoms with Crippen LogP contribution in [0.5, 0.6) is 5.75 Å². The Morgan fingerprint density at radius 2 is 1.65 bits per heavy atom. The topological polar surface area (TPSA) is 38.3 Å². The van der Waals surface area contributed by atoms with Gasteiger partial charge in [0.2, 0.25) is 0 Å². The van der Waals surface area contributed by atoms with Gasteiger partial charge in [0.1, 0.15) is 5.75 Å². The van der Waals surface area contributed by atoms with Crippen LogP contribution in [-0.2, 0) is 0 Å². The van der Waals surface area contributed by atoms with E-state index in [2.05, 4.69) is 37.4 Å². The summed E-state index contributed by atoms with van der Waals surface area (Å²) in [4.78, 5) is 12.4. The number of amides is 1. The van der Waals surface area contributed by atoms with Gasteiger partial charge >= 0.3 is 0 Å². The molecule has 0 radical (unpaired) electrons. The van der Waals surface area contributed by atoms with Gasteiger partial charge < -0.3 is 10.1 Å². The van der Waals surface area contributed by atoms with Gasteiger partial charge in [0.05, 0.1) is 12.1 Å². The molecule has 23 heavy (non-hydrogen) atoms. The second-order valence-electron chi connectivity index (χ2n) is 6.25. The maximum atomic E-state index is 12.4. The van der Waals surface area contributed by atoms with E-state index in [0.29, 0.717) is 5.56 Å². The first-order valence-corrected chi connectivity index (χ1v) is 8.01. The normalized spacial score (nSPS) is 12.1. The minimum absolute atomic E-state index is 0.0333. The Morgan fingerprint density at radius 3 is 2.26 bits per heavy atom. The number of carbonyl (C=O) groups excluding carboxylic acids is 1. The molecule has 0 aromatic heterocycles. The van der Waals surface area contributed by atoms with Crippen molar-refractivity contribution in [1.82, 2.24) is 5.32 Å². The second-order valence-corrected chi connectivity index (χ2v) is 6.25. The fourth-order valence-corrected chi connectivity index (χ4v) is 2.54. The Morgan fingerprint density at radius 1 is 1.00 bits per heavy atom. The predicted octanol–water partition coefficient (Wildman–Crippen LogP) is 4.58. The van der Waals surface area contributed by atoms with E-state index in [0.717, 1.165) is 11.3 Å². The van der Waals surface area contributed by atoms with Gasteiger partial charge in [-0.25, -0.2) is 0 Å². The zero-order chi connectivity index (χ0) is 17.0. The third kappa shape index (κ3) is 4.59. The molecule has 0 bridgehead atoms. The lowest BCUT2D eigenvalue weighted by Crippen LogP contribution is -2.27. The molecule has 0 saturated carbocycles. The van der Waals surface area contributed by atoms with Crippen LogP contribution >= 0.6 is 0 Å². The summed E-state index contributed by atoms with van der Waals surface area (Å²) in [5, 5.41) is 3.06. The van der Waals surface area contributed by atoms with Crippen molar-refractivity contribution in [2.45, 2.75) is 46.8 Å². The van der Waals surface area contributed by atoms with Crippen molar-refractivity contribution in [3.63, 3.8) is 0 Å². The van der Waals surface area contributed by atoms with Crippen LogP contribution < -0.4 is 10.1 Å². The number of rotatable bonds is 5. The highest BCUT2D eigenvalue weighted by Gasteiger charge is 2.13. The van der Waals surface area contributed by atoms with Crippen molar-refractivity contribution in [2.75, 3.05) is 0 Å². The number of ether oxygens (including phenoxy) is 1. The lowest BCUT2D eigenvalue weighted by Gasteiger charge is -2.17. The van der Waals surface area contributed by atoms with Gasteiger partial charge in [-0.3, -0.25) is 4.79 Å². The van der Waals surface area contributed by atoms with Crippen LogP contribution in [0.25, 0.3) is 0 Å². The summed E-state index contributed by atoms with van der Waals surface area (Å²) in [5.41, 5.74) is 4.17. The fraction of sp³-hybridized carbons (Fsp3) is 0.350. The van der Waals surface area contributed by atoms with Crippen molar-refractivity contribution in [1.29, 1.82) is 0 Å². The van der Waals surface area contributed by atoms with Crippen molar-refractivity contribution < 1.29 is 9.53 Å². The zero-order valence-corrected chi connectivity index (χ0v) is 14.5. The van der Waals surface area contributed by atoms with Crippen LogP contribution in [0.15, 0.2) is 42.5 Å². The molecular formula is C20H25NO2. The Hall–Kier alpha value is -2.29. The fourth-order valence-electron chi connectivity index (χ4n) is 2.54. The molecule has 0 aliphatic heterocycles. The largest absolute Gasteiger partial charge is 0.491 e. The lowest BCUT2D eigenvalue weighted by atomic mass is 10.00. The highest BCUT2D eigenvalue weighted by Crippen LogP contribution is 2.20. The molecule has 1 atom stereocenters. The number of nitrogens with one attached hydrogen (secondary N) is 1. The van der Waals surface area contributed by atoms with E-state index in [1.54, 1.807) is 12.1 Å². The average Bonchev–Trinajstić information content (AvgIpc) is 2.49. The van der Waals surface area contributed by atoms with E-state index in [4.69, 9.17) is 4.74 Å². The molecule has 1 amide bonds. The monoisotopic (exact) mass is 311 g/mol. The number of hydrogen-bond donors (Lipinski definition) is 1. The quantitative estimate of drug-likeness (QED) is 0.877. The average molecular weight is 311 g/mol. The van der Waals surface area contributed by atoms with Crippen molar-refractivity contribution >= 4 is 5.91 Å². The molecule has 1 N–H and O–H groups in total. The number of carbonyl (C=O) groups is 1. The van der Waals surface area contributed by atoms with Gasteiger partial charge in [-0.05, 0) is 70.0 Å². The van der Waals surface area contributed by atoms with Gasteiger partial charge in [0, 0.05) is 5.56 Å². The molecule has 3 heteroatoms. The minimum Gasteiger partial charge on any atom is -0.491 e. The summed E-state index contributed by atoms with van der Waals surface area (Å²) in [6, 6.07) is 13.5. The van der Waals surface area contributed by atoms with E-state index < -0.39 is 0 Å². The molecule has 2 aromatic carbocycles. The van der Waals surface area contributed by atoms with Gasteiger partial charge in [0.25, 0.3) is 5.91 Å². The zero-order valence-electron chi connectivity index (χ0n) is 14.5. The molecule has 0 fully saturated rings. The standard InChI is InChI=1S/C20H25NO2/c1-13(2)23-18-10-8-17(9-11-18)20(22)21-16(5)19-12-14(3)6-7-15(19)4/h6-13,16H,1-5H3,(H,21,22). The summed E-state index contributed by atoms with van der Waals surface area (Å²) < 4.78 is 5.60. The van der Waals surface area contributed by atoms with Gasteiger partial charge in [-0.15, -0.1) is 0 Å². The van der Waals surface area contributed by atoms with Crippen molar-refractivity contribution in [3.8, 4) is 5.75 Å². The molecule has 3 nitrogen and oxygen atoms in total. The Kier molecular flexibility index (Phi) is 5.43. The Balaban J connectivity index is 2.07. The predicted molar refractivity (Wildman–Crippen MR) is 94.0 cm³/mol. The van der Waals surface area contributed by atoms with E-state index in [-0.39, 0.29) is 18.1 Å². The molecule has 0 aliphatic carbocycles. The first kappa shape index (κ1) is 17.1. The third-order valence-electron chi connectivity index (χ3n) is 3.74. The molecule has 2 rings (SSSR count). The maximum Gasteiger partial charge on any atom is 0.251 e. The highest BCUT2D eigenvalue weighted by atomic mass is 16.5. The summed E-state index contributed by atoms with van der Waals surface area (Å²) >= 11 is 0. The molecule has 0 saturated heterocycles. The number of benzene rings is 2. The first-order chi connectivity index (χ1) is 10.9. The van der Waals surface area contributed by atoms with E-state index in [1.807, 2.05) is 32.9 Å². The minimum atomic E-state index is -0.0745. The molecule has 2 aromatic rings. The summed E-state index contributed by atoms with van der Waals surface area (Å²) in [6.45, 7) is 10.1. The molecule has 0 spiro atoms. The van der Waals surface area contributed by atoms with Crippen LogP contribution in [0.4, 0.5) is 0 Å². The van der Waals surface area contributed by atoms with Gasteiger partial charge in [-0.2, -0.15) is 0 Å². The summed E-state index contributed by atoms with van der Waals surface area (Å²) in [7, 11) is 0. The van der Waals surface area contributed by atoms with Gasteiger partial charge in [-0.1, -0.05) is 23.8 Å². The van der Waals surface area contributed by atoms with E-state index in [9.17, 15) is 4.79 Å². The van der Waals surface area contributed by atoms with Crippen LogP contribution in [0.2, 0.25) is 0 Å². The molecular weight excluding hydrogens is 286 g/mol. The molecule has 0 heterocycles. The van der Waals surface area contributed by atoms with Crippen LogP contribution in [0.1, 0.15) is 53.9 Å². The smallest absolute Gasteiger partial charge is 0.251 e. The molecule has 1 unspecified atom stereocenters. The SMILES string of the molecule is Cc1ccc(C)c(C(C)NC(=O)c2ccc(OC(C)C)cc2)c1. The number of hydrogen-bond acceptors (Lipinski definition) is 2. The second kappa shape index (κ2) is 7.32. The van der Waals surface area contributed by atoms with Crippen molar-refractivity contribution in [3.05, 3.63) is 64.7 Å². The third-order valence-corrected chi connectivity index (χ3v) is 3.74. The molecule has 122 valence electrons. The summed E-state index contributed by atoms with van der Waals surface area (Å²) in [5.74, 6) is 0.702. The lowest BCUT2D eigenvalue weighted by molar-refractivity contribution is 0.0940. The van der Waals surface area contributed by atoms with Crippen molar-refractivity contribution in [2.24, 2.45) is 0 Å². The summed E-state index contributed by atoms with van der Waals surface area (Å²) in [6.07, 6.45) is 0.124. The maximum absolute atomic E-state index is 12.4.